The Balaban J connectivity index is 1.68. The van der Waals surface area contributed by atoms with Crippen LogP contribution >= 0.6 is 0 Å². The smallest absolute Gasteiger partial charge is 0.132 e. The van der Waals surface area contributed by atoms with Gasteiger partial charge < -0.3 is 15.8 Å². The van der Waals surface area contributed by atoms with Crippen LogP contribution < -0.4 is 15.8 Å². The maximum atomic E-state index is 15.1. The summed E-state index contributed by atoms with van der Waals surface area (Å²) in [6.45, 7) is 0. The maximum absolute atomic E-state index is 15.1. The molecule has 1 heterocycles. The average molecular weight is 401 g/mol. The summed E-state index contributed by atoms with van der Waals surface area (Å²) in [6, 6.07) is 19.3. The van der Waals surface area contributed by atoms with Gasteiger partial charge in [0, 0.05) is 28.8 Å². The number of halogens is 1. The first-order chi connectivity index (χ1) is 14.6. The molecule has 0 saturated heterocycles. The molecule has 1 aliphatic carbocycles. The molecule has 4 N–H and O–H groups in total. The van der Waals surface area contributed by atoms with Crippen LogP contribution in [0.2, 0.25) is 0 Å². The van der Waals surface area contributed by atoms with Crippen LogP contribution in [0, 0.1) is 17.1 Å². The van der Waals surface area contributed by atoms with Crippen molar-refractivity contribution in [2.24, 2.45) is 11.7 Å². The molecule has 4 nitrogen and oxygen atoms in total. The number of hydrogen-bond donors (Lipinski definition) is 3. The second-order valence-electron chi connectivity index (χ2n) is 8.10. The van der Waals surface area contributed by atoms with E-state index in [0.29, 0.717) is 16.9 Å². The molecule has 0 aromatic heterocycles. The Hall–Kier alpha value is -3.34. The highest BCUT2D eigenvalue weighted by molar-refractivity contribution is 5.95. The first kappa shape index (κ1) is 18.7. The third-order valence-electron chi connectivity index (χ3n) is 6.54. The van der Waals surface area contributed by atoms with Crippen LogP contribution in [0.25, 0.3) is 0 Å². The minimum Gasteiger partial charge on any atom is -0.497 e. The molecule has 0 saturated carbocycles. The van der Waals surface area contributed by atoms with E-state index in [1.807, 2.05) is 30.3 Å². The molecule has 3 atom stereocenters. The van der Waals surface area contributed by atoms with Crippen molar-refractivity contribution in [1.82, 2.24) is 0 Å². The van der Waals surface area contributed by atoms with E-state index < -0.39 is 0 Å². The summed E-state index contributed by atoms with van der Waals surface area (Å²) < 4.78 is 20.2. The number of methoxy groups -OCH3 is 1. The molecule has 3 unspecified atom stereocenters. The molecule has 0 fully saturated rings. The van der Waals surface area contributed by atoms with E-state index in [4.69, 9.17) is 15.9 Å². The summed E-state index contributed by atoms with van der Waals surface area (Å²) >= 11 is 0. The molecule has 5 rings (SSSR count). The monoisotopic (exact) mass is 401 g/mol. The molecule has 3 aromatic rings. The van der Waals surface area contributed by atoms with Gasteiger partial charge in [0.15, 0.2) is 0 Å². The fraction of sp³-hybridized carbons (Fsp3) is 0.240. The molecule has 0 spiro atoms. The lowest BCUT2D eigenvalue weighted by atomic mass is 9.65. The van der Waals surface area contributed by atoms with E-state index in [1.165, 1.54) is 17.2 Å². The van der Waals surface area contributed by atoms with Gasteiger partial charge in [-0.2, -0.15) is 0 Å². The maximum Gasteiger partial charge on any atom is 0.132 e. The predicted molar refractivity (Wildman–Crippen MR) is 117 cm³/mol. The topological polar surface area (TPSA) is 71.1 Å². The summed E-state index contributed by atoms with van der Waals surface area (Å²) in [4.78, 5) is 0. The predicted octanol–water partition coefficient (Wildman–Crippen LogP) is 4.98. The number of rotatable bonds is 3. The van der Waals surface area contributed by atoms with Crippen LogP contribution in [0.15, 0.2) is 60.7 Å². The van der Waals surface area contributed by atoms with Crippen molar-refractivity contribution in [3.05, 3.63) is 94.3 Å². The lowest BCUT2D eigenvalue weighted by Gasteiger charge is -2.44. The van der Waals surface area contributed by atoms with E-state index in [-0.39, 0.29) is 29.5 Å². The molecule has 0 amide bonds. The Morgan fingerprint density at radius 1 is 1.07 bits per heavy atom. The van der Waals surface area contributed by atoms with Crippen LogP contribution in [-0.4, -0.2) is 12.9 Å². The Bertz CT molecular complexity index is 1140. The van der Waals surface area contributed by atoms with Gasteiger partial charge in [-0.15, -0.1) is 0 Å². The fourth-order valence-electron chi connectivity index (χ4n) is 5.13. The van der Waals surface area contributed by atoms with Gasteiger partial charge in [0.25, 0.3) is 0 Å². The number of nitrogen functional groups attached to an aromatic ring is 1. The van der Waals surface area contributed by atoms with Crippen molar-refractivity contribution in [1.29, 1.82) is 5.41 Å². The number of benzene rings is 3. The van der Waals surface area contributed by atoms with Crippen molar-refractivity contribution in [3.8, 4) is 5.75 Å². The number of anilines is 1. The van der Waals surface area contributed by atoms with Gasteiger partial charge in [-0.1, -0.05) is 30.3 Å². The van der Waals surface area contributed by atoms with Crippen molar-refractivity contribution in [3.63, 3.8) is 0 Å². The van der Waals surface area contributed by atoms with E-state index in [0.717, 1.165) is 24.1 Å². The van der Waals surface area contributed by atoms with Crippen LogP contribution in [0.5, 0.6) is 5.75 Å². The molecule has 5 heteroatoms. The minimum atomic E-state index is -0.256. The molecular weight excluding hydrogens is 377 g/mol. The number of fused-ring (bicyclic) bond motifs is 5. The Morgan fingerprint density at radius 2 is 1.90 bits per heavy atom. The molecule has 0 radical (unpaired) electrons. The summed E-state index contributed by atoms with van der Waals surface area (Å²) in [7, 11) is 1.55. The molecule has 0 bridgehead atoms. The van der Waals surface area contributed by atoms with E-state index in [2.05, 4.69) is 29.6 Å². The fourth-order valence-corrected chi connectivity index (χ4v) is 5.13. The number of ether oxygens (including phenoxy) is 1. The van der Waals surface area contributed by atoms with Crippen LogP contribution in [0.4, 0.5) is 10.1 Å². The highest BCUT2D eigenvalue weighted by atomic mass is 19.1. The van der Waals surface area contributed by atoms with Crippen molar-refractivity contribution < 1.29 is 9.13 Å². The molecule has 30 heavy (non-hydrogen) atoms. The highest BCUT2D eigenvalue weighted by Crippen LogP contribution is 2.53. The summed E-state index contributed by atoms with van der Waals surface area (Å²) in [6.07, 6.45) is 1.92. The number of nitrogens with two attached hydrogens (primary N) is 1. The second-order valence-corrected chi connectivity index (χ2v) is 8.10. The SMILES string of the molecule is COc1ccc(C2Nc3ccc(C(=N)N)cc3C3c4ccccc4CCC23)c(F)c1. The quantitative estimate of drug-likeness (QED) is 0.428. The minimum absolute atomic E-state index is 0.0572. The molecular formula is C25H24FN3O. The zero-order valence-corrected chi connectivity index (χ0v) is 16.8. The number of aryl methyl sites for hydroxylation is 1. The number of nitrogens with one attached hydrogen (secondary N) is 2. The summed E-state index contributed by atoms with van der Waals surface area (Å²) in [5, 5.41) is 11.5. The van der Waals surface area contributed by atoms with E-state index in [1.54, 1.807) is 7.11 Å². The number of amidine groups is 1. The normalized spacial score (nSPS) is 21.6. The molecule has 3 aromatic carbocycles. The van der Waals surface area contributed by atoms with Crippen molar-refractivity contribution in [2.75, 3.05) is 12.4 Å². The average Bonchev–Trinajstić information content (AvgIpc) is 2.77. The Labute approximate surface area is 175 Å². The second kappa shape index (κ2) is 7.17. The zero-order chi connectivity index (χ0) is 20.8. The standard InChI is InChI=1S/C25H24FN3O/c1-30-16-8-10-18(21(26)13-16)24-19-9-6-14-4-2-3-5-17(14)23(19)20-12-15(25(27)28)7-11-22(20)29-24/h2-5,7-8,10-13,19,23-24,29H,6,9H2,1H3,(H3,27,28). The van der Waals surface area contributed by atoms with Crippen LogP contribution in [-0.2, 0) is 6.42 Å². The van der Waals surface area contributed by atoms with Gasteiger partial charge in [0.05, 0.1) is 13.2 Å². The van der Waals surface area contributed by atoms with Gasteiger partial charge in [0.1, 0.15) is 17.4 Å². The third kappa shape index (κ3) is 2.93. The van der Waals surface area contributed by atoms with Gasteiger partial charge in [0.2, 0.25) is 0 Å². The summed E-state index contributed by atoms with van der Waals surface area (Å²) in [5.74, 6) is 0.633. The zero-order valence-electron chi connectivity index (χ0n) is 16.8. The van der Waals surface area contributed by atoms with Crippen LogP contribution in [0.1, 0.15) is 46.2 Å². The molecule has 152 valence electrons. The third-order valence-corrected chi connectivity index (χ3v) is 6.54. The highest BCUT2D eigenvalue weighted by Gasteiger charge is 2.42. The van der Waals surface area contributed by atoms with Crippen molar-refractivity contribution >= 4 is 11.5 Å². The summed E-state index contributed by atoms with van der Waals surface area (Å²) in [5.41, 5.74) is 11.9. The molecule has 1 aliphatic heterocycles. The van der Waals surface area contributed by atoms with Crippen LogP contribution in [0.3, 0.4) is 0 Å². The lowest BCUT2D eigenvalue weighted by molar-refractivity contribution is 0.340. The first-order valence-electron chi connectivity index (χ1n) is 10.2. The van der Waals surface area contributed by atoms with Gasteiger partial charge >= 0.3 is 0 Å². The van der Waals surface area contributed by atoms with E-state index >= 15 is 4.39 Å². The Kier molecular flexibility index (Phi) is 4.46. The van der Waals surface area contributed by atoms with E-state index in [9.17, 15) is 0 Å². The Morgan fingerprint density at radius 3 is 2.67 bits per heavy atom. The van der Waals surface area contributed by atoms with Gasteiger partial charge in [-0.25, -0.2) is 4.39 Å². The largest absolute Gasteiger partial charge is 0.497 e. The first-order valence-corrected chi connectivity index (χ1v) is 10.2. The van der Waals surface area contributed by atoms with Gasteiger partial charge in [-0.3, -0.25) is 5.41 Å². The lowest BCUT2D eigenvalue weighted by Crippen LogP contribution is -2.36. The van der Waals surface area contributed by atoms with Gasteiger partial charge in [-0.05, 0) is 59.7 Å². The van der Waals surface area contributed by atoms with Crippen molar-refractivity contribution in [2.45, 2.75) is 24.8 Å². The number of hydrogen-bond acceptors (Lipinski definition) is 3. The molecule has 2 aliphatic rings.